The molecule has 1 heterocycles. The molecule has 0 aliphatic heterocycles. The normalized spacial score (nSPS) is 11.4. The SMILES string of the molecule is CCNC(=NCc1cccc(Cn2cncn2)c1)NCc1ccc(C)cc1OCCOC. The number of aliphatic imine (C=N–C) groups is 1. The fourth-order valence-electron chi connectivity index (χ4n) is 3.20. The summed E-state index contributed by atoms with van der Waals surface area (Å²) in [6.07, 6.45) is 3.26. The fraction of sp³-hybridized carbons (Fsp3) is 0.375. The fourth-order valence-corrected chi connectivity index (χ4v) is 3.20. The molecule has 0 unspecified atom stereocenters. The largest absolute Gasteiger partial charge is 0.491 e. The number of nitrogens with zero attached hydrogens (tertiary/aromatic N) is 4. The smallest absolute Gasteiger partial charge is 0.191 e. The predicted molar refractivity (Wildman–Crippen MR) is 126 cm³/mol. The van der Waals surface area contributed by atoms with Gasteiger partial charge in [-0.1, -0.05) is 36.4 Å². The van der Waals surface area contributed by atoms with Crippen LogP contribution < -0.4 is 15.4 Å². The molecule has 0 fully saturated rings. The van der Waals surface area contributed by atoms with E-state index in [1.165, 1.54) is 5.56 Å². The van der Waals surface area contributed by atoms with Gasteiger partial charge in [-0.15, -0.1) is 0 Å². The van der Waals surface area contributed by atoms with E-state index in [0.717, 1.165) is 34.9 Å². The first-order chi connectivity index (χ1) is 15.7. The van der Waals surface area contributed by atoms with E-state index in [-0.39, 0.29) is 0 Å². The first-order valence-electron chi connectivity index (χ1n) is 10.8. The van der Waals surface area contributed by atoms with Crippen LogP contribution in [0.15, 0.2) is 60.1 Å². The van der Waals surface area contributed by atoms with Crippen molar-refractivity contribution in [3.05, 3.63) is 77.4 Å². The molecular weight excluding hydrogens is 404 g/mol. The summed E-state index contributed by atoms with van der Waals surface area (Å²) in [5.41, 5.74) is 4.54. The number of aromatic nitrogens is 3. The zero-order valence-corrected chi connectivity index (χ0v) is 19.0. The number of guanidine groups is 1. The van der Waals surface area contributed by atoms with Crippen LogP contribution in [0.3, 0.4) is 0 Å². The van der Waals surface area contributed by atoms with Gasteiger partial charge in [0.05, 0.1) is 19.7 Å². The highest BCUT2D eigenvalue weighted by Gasteiger charge is 2.06. The summed E-state index contributed by atoms with van der Waals surface area (Å²) in [6, 6.07) is 14.6. The summed E-state index contributed by atoms with van der Waals surface area (Å²) in [5.74, 6) is 1.63. The van der Waals surface area contributed by atoms with Crippen molar-refractivity contribution in [3.8, 4) is 5.75 Å². The molecule has 0 bridgehead atoms. The molecule has 0 spiro atoms. The van der Waals surface area contributed by atoms with Crippen molar-refractivity contribution in [1.82, 2.24) is 25.4 Å². The summed E-state index contributed by atoms with van der Waals surface area (Å²) >= 11 is 0. The predicted octanol–water partition coefficient (Wildman–Crippen LogP) is 2.92. The molecule has 8 heteroatoms. The van der Waals surface area contributed by atoms with Crippen LogP contribution in [-0.4, -0.2) is 47.6 Å². The third-order valence-corrected chi connectivity index (χ3v) is 4.78. The highest BCUT2D eigenvalue weighted by atomic mass is 16.5. The summed E-state index contributed by atoms with van der Waals surface area (Å²) in [7, 11) is 1.67. The van der Waals surface area contributed by atoms with Crippen molar-refractivity contribution in [1.29, 1.82) is 0 Å². The monoisotopic (exact) mass is 436 g/mol. The molecule has 3 aromatic rings. The topological polar surface area (TPSA) is 85.6 Å². The molecule has 1 aromatic heterocycles. The minimum Gasteiger partial charge on any atom is -0.491 e. The van der Waals surface area contributed by atoms with E-state index in [9.17, 15) is 0 Å². The highest BCUT2D eigenvalue weighted by molar-refractivity contribution is 5.79. The van der Waals surface area contributed by atoms with Gasteiger partial charge in [0.25, 0.3) is 0 Å². The third kappa shape index (κ3) is 7.39. The highest BCUT2D eigenvalue weighted by Crippen LogP contribution is 2.20. The van der Waals surface area contributed by atoms with Gasteiger partial charge in [0.15, 0.2) is 5.96 Å². The molecule has 3 rings (SSSR count). The van der Waals surface area contributed by atoms with E-state index < -0.39 is 0 Å². The Morgan fingerprint density at radius 2 is 1.97 bits per heavy atom. The van der Waals surface area contributed by atoms with Gasteiger partial charge in [-0.25, -0.2) is 14.7 Å². The van der Waals surface area contributed by atoms with Crippen molar-refractivity contribution in [2.75, 3.05) is 26.9 Å². The van der Waals surface area contributed by atoms with Gasteiger partial charge >= 0.3 is 0 Å². The van der Waals surface area contributed by atoms with Crippen LogP contribution in [-0.2, 0) is 24.4 Å². The Hall–Kier alpha value is -3.39. The number of hydrogen-bond donors (Lipinski definition) is 2. The molecule has 170 valence electrons. The number of rotatable bonds is 11. The number of methoxy groups -OCH3 is 1. The first-order valence-corrected chi connectivity index (χ1v) is 10.8. The molecule has 0 atom stereocenters. The Morgan fingerprint density at radius 1 is 1.09 bits per heavy atom. The van der Waals surface area contributed by atoms with Crippen molar-refractivity contribution in [2.24, 2.45) is 4.99 Å². The molecule has 0 radical (unpaired) electrons. The lowest BCUT2D eigenvalue weighted by Crippen LogP contribution is -2.36. The van der Waals surface area contributed by atoms with Gasteiger partial charge in [-0.05, 0) is 36.6 Å². The van der Waals surface area contributed by atoms with Crippen molar-refractivity contribution < 1.29 is 9.47 Å². The molecule has 0 aliphatic rings. The molecule has 0 saturated carbocycles. The lowest BCUT2D eigenvalue weighted by Gasteiger charge is -2.15. The maximum atomic E-state index is 5.90. The maximum absolute atomic E-state index is 5.90. The second kappa shape index (κ2) is 12.5. The Bertz CT molecular complexity index is 988. The number of nitrogens with one attached hydrogen (secondary N) is 2. The van der Waals surface area contributed by atoms with Crippen LogP contribution in [0.2, 0.25) is 0 Å². The van der Waals surface area contributed by atoms with Crippen LogP contribution in [0.1, 0.15) is 29.2 Å². The van der Waals surface area contributed by atoms with Gasteiger partial charge < -0.3 is 20.1 Å². The van der Waals surface area contributed by atoms with Crippen molar-refractivity contribution in [3.63, 3.8) is 0 Å². The number of hydrogen-bond acceptors (Lipinski definition) is 5. The van der Waals surface area contributed by atoms with Crippen LogP contribution in [0.5, 0.6) is 5.75 Å². The van der Waals surface area contributed by atoms with Gasteiger partial charge in [0, 0.05) is 25.8 Å². The average Bonchev–Trinajstić information content (AvgIpc) is 3.30. The lowest BCUT2D eigenvalue weighted by atomic mass is 10.1. The van der Waals surface area contributed by atoms with Gasteiger partial charge in [-0.2, -0.15) is 5.10 Å². The van der Waals surface area contributed by atoms with Gasteiger partial charge in [-0.3, -0.25) is 0 Å². The standard InChI is InChI=1S/C24H32N6O2/c1-4-26-24(28-15-22-9-8-19(2)12-23(22)32-11-10-31-3)27-14-20-6-5-7-21(13-20)16-30-18-25-17-29-30/h5-9,12-13,17-18H,4,10-11,14-16H2,1-3H3,(H2,26,27,28). The zero-order valence-electron chi connectivity index (χ0n) is 19.0. The zero-order chi connectivity index (χ0) is 22.6. The van der Waals surface area contributed by atoms with Gasteiger partial charge in [0.2, 0.25) is 0 Å². The second-order valence-electron chi connectivity index (χ2n) is 7.41. The molecule has 2 N–H and O–H groups in total. The Morgan fingerprint density at radius 3 is 2.75 bits per heavy atom. The summed E-state index contributed by atoms with van der Waals surface area (Å²) in [4.78, 5) is 8.75. The number of ether oxygens (including phenoxy) is 2. The molecule has 0 saturated heterocycles. The molecule has 0 amide bonds. The van der Waals surface area contributed by atoms with E-state index in [1.807, 2.05) is 10.7 Å². The Kier molecular flexibility index (Phi) is 9.06. The van der Waals surface area contributed by atoms with Crippen LogP contribution >= 0.6 is 0 Å². The van der Waals surface area contributed by atoms with Crippen molar-refractivity contribution >= 4 is 5.96 Å². The van der Waals surface area contributed by atoms with Crippen LogP contribution in [0.25, 0.3) is 0 Å². The summed E-state index contributed by atoms with van der Waals surface area (Å²) < 4.78 is 12.8. The van der Waals surface area contributed by atoms with E-state index in [0.29, 0.717) is 32.8 Å². The maximum Gasteiger partial charge on any atom is 0.191 e. The third-order valence-electron chi connectivity index (χ3n) is 4.78. The van der Waals surface area contributed by atoms with Gasteiger partial charge in [0.1, 0.15) is 25.0 Å². The van der Waals surface area contributed by atoms with E-state index in [2.05, 4.69) is 71.0 Å². The average molecular weight is 437 g/mol. The summed E-state index contributed by atoms with van der Waals surface area (Å²) in [6.45, 7) is 7.85. The van der Waals surface area contributed by atoms with Crippen LogP contribution in [0, 0.1) is 6.92 Å². The molecule has 0 aliphatic carbocycles. The second-order valence-corrected chi connectivity index (χ2v) is 7.41. The summed E-state index contributed by atoms with van der Waals surface area (Å²) in [5, 5.41) is 10.9. The van der Waals surface area contributed by atoms with E-state index in [4.69, 9.17) is 14.5 Å². The first kappa shape index (κ1) is 23.3. The molecular formula is C24H32N6O2. The van der Waals surface area contributed by atoms with Crippen molar-refractivity contribution in [2.45, 2.75) is 33.5 Å². The number of benzene rings is 2. The lowest BCUT2D eigenvalue weighted by molar-refractivity contribution is 0.145. The molecule has 2 aromatic carbocycles. The minimum absolute atomic E-state index is 0.520. The Balaban J connectivity index is 1.63. The van der Waals surface area contributed by atoms with E-state index >= 15 is 0 Å². The minimum atomic E-state index is 0.520. The Labute approximate surface area is 189 Å². The van der Waals surface area contributed by atoms with Crippen LogP contribution in [0.4, 0.5) is 0 Å². The molecule has 8 nitrogen and oxygen atoms in total. The quantitative estimate of drug-likeness (QED) is 0.273. The van der Waals surface area contributed by atoms with E-state index in [1.54, 1.807) is 19.8 Å². The molecule has 32 heavy (non-hydrogen) atoms. The number of aryl methyl sites for hydroxylation is 1.